The van der Waals surface area contributed by atoms with Crippen molar-refractivity contribution in [1.29, 1.82) is 5.26 Å². The Morgan fingerprint density at radius 1 is 1.27 bits per heavy atom. The molecular formula is C17H12ClN3O5. The van der Waals surface area contributed by atoms with Crippen LogP contribution in [0.5, 0.6) is 0 Å². The van der Waals surface area contributed by atoms with E-state index in [1.54, 1.807) is 6.92 Å². The van der Waals surface area contributed by atoms with Crippen molar-refractivity contribution >= 4 is 34.9 Å². The van der Waals surface area contributed by atoms with Crippen molar-refractivity contribution in [1.82, 2.24) is 0 Å². The fourth-order valence-corrected chi connectivity index (χ4v) is 2.29. The summed E-state index contributed by atoms with van der Waals surface area (Å²) >= 11 is 5.90. The third-order valence-electron chi connectivity index (χ3n) is 3.25. The Morgan fingerprint density at radius 2 is 1.96 bits per heavy atom. The van der Waals surface area contributed by atoms with Crippen LogP contribution in [-0.4, -0.2) is 23.4 Å². The van der Waals surface area contributed by atoms with E-state index in [9.17, 15) is 19.7 Å². The zero-order valence-corrected chi connectivity index (χ0v) is 14.2. The van der Waals surface area contributed by atoms with Crippen LogP contribution in [0.1, 0.15) is 33.2 Å². The second-order valence-electron chi connectivity index (χ2n) is 5.01. The van der Waals surface area contributed by atoms with Crippen LogP contribution in [-0.2, 0) is 4.74 Å². The lowest BCUT2D eigenvalue weighted by Crippen LogP contribution is -2.14. The normalized spacial score (nSPS) is 9.88. The number of benzene rings is 2. The molecule has 0 bridgehead atoms. The van der Waals surface area contributed by atoms with Crippen LogP contribution >= 0.6 is 11.6 Å². The second kappa shape index (κ2) is 8.09. The number of carbonyl (C=O) groups is 2. The van der Waals surface area contributed by atoms with Crippen molar-refractivity contribution < 1.29 is 19.2 Å². The van der Waals surface area contributed by atoms with E-state index in [-0.39, 0.29) is 28.3 Å². The summed E-state index contributed by atoms with van der Waals surface area (Å²) in [6.45, 7) is 1.68. The molecule has 2 rings (SSSR count). The van der Waals surface area contributed by atoms with Crippen LogP contribution in [0.4, 0.5) is 11.4 Å². The molecule has 2 aromatic carbocycles. The molecule has 0 fully saturated rings. The minimum absolute atomic E-state index is 0.0901. The number of halogens is 1. The maximum atomic E-state index is 12.4. The van der Waals surface area contributed by atoms with Crippen LogP contribution in [0.15, 0.2) is 36.4 Å². The van der Waals surface area contributed by atoms with Gasteiger partial charge in [-0.15, -0.1) is 0 Å². The molecule has 1 amide bonds. The topological polar surface area (TPSA) is 122 Å². The fraction of sp³-hybridized carbons (Fsp3) is 0.118. The van der Waals surface area contributed by atoms with Crippen LogP contribution < -0.4 is 5.32 Å². The number of nitro benzene ring substituents is 1. The number of anilines is 1. The molecule has 2 aromatic rings. The monoisotopic (exact) mass is 373 g/mol. The Hall–Kier alpha value is -3.44. The van der Waals surface area contributed by atoms with Gasteiger partial charge in [0.1, 0.15) is 6.07 Å². The Morgan fingerprint density at radius 3 is 2.54 bits per heavy atom. The number of ether oxygens (including phenoxy) is 1. The summed E-state index contributed by atoms with van der Waals surface area (Å²) in [6, 6.07) is 9.44. The lowest BCUT2D eigenvalue weighted by Gasteiger charge is -2.08. The molecule has 26 heavy (non-hydrogen) atoms. The summed E-state index contributed by atoms with van der Waals surface area (Å²) in [7, 11) is 0. The SMILES string of the molecule is CCOC(=O)c1cc(C(=O)Nc2ccc(C#N)c(Cl)c2)cc([N+](=O)[O-])c1. The predicted octanol–water partition coefficient (Wildman–Crippen LogP) is 3.55. The van der Waals surface area contributed by atoms with Crippen molar-refractivity contribution in [2.45, 2.75) is 6.92 Å². The van der Waals surface area contributed by atoms with E-state index in [0.717, 1.165) is 12.1 Å². The number of nitrogens with zero attached hydrogens (tertiary/aromatic N) is 2. The van der Waals surface area contributed by atoms with E-state index in [4.69, 9.17) is 21.6 Å². The lowest BCUT2D eigenvalue weighted by molar-refractivity contribution is -0.384. The van der Waals surface area contributed by atoms with E-state index < -0.39 is 22.5 Å². The van der Waals surface area contributed by atoms with Gasteiger partial charge in [-0.1, -0.05) is 11.6 Å². The first kappa shape index (κ1) is 18.9. The highest BCUT2D eigenvalue weighted by Gasteiger charge is 2.19. The number of rotatable bonds is 5. The smallest absolute Gasteiger partial charge is 0.338 e. The van der Waals surface area contributed by atoms with Crippen LogP contribution in [0, 0.1) is 21.4 Å². The van der Waals surface area contributed by atoms with Crippen LogP contribution in [0.2, 0.25) is 5.02 Å². The highest BCUT2D eigenvalue weighted by Crippen LogP contribution is 2.22. The quantitative estimate of drug-likeness (QED) is 0.485. The molecule has 0 aliphatic heterocycles. The summed E-state index contributed by atoms with van der Waals surface area (Å²) in [5.41, 5.74) is -0.0850. The molecule has 0 aliphatic rings. The number of non-ortho nitro benzene ring substituents is 1. The van der Waals surface area contributed by atoms with Gasteiger partial charge in [0.2, 0.25) is 0 Å². The first-order valence-electron chi connectivity index (χ1n) is 7.33. The Balaban J connectivity index is 2.35. The van der Waals surface area contributed by atoms with Gasteiger partial charge >= 0.3 is 5.97 Å². The number of esters is 1. The largest absolute Gasteiger partial charge is 0.462 e. The minimum atomic E-state index is -0.772. The van der Waals surface area contributed by atoms with Crippen molar-refractivity contribution in [3.63, 3.8) is 0 Å². The van der Waals surface area contributed by atoms with Gasteiger partial charge in [-0.25, -0.2) is 4.79 Å². The molecule has 0 atom stereocenters. The summed E-state index contributed by atoms with van der Waals surface area (Å²) in [6.07, 6.45) is 0. The molecule has 0 aliphatic carbocycles. The van der Waals surface area contributed by atoms with Gasteiger partial charge in [0.05, 0.1) is 27.7 Å². The molecular weight excluding hydrogens is 362 g/mol. The van der Waals surface area contributed by atoms with Gasteiger partial charge < -0.3 is 10.1 Å². The zero-order chi connectivity index (χ0) is 19.3. The third-order valence-corrected chi connectivity index (χ3v) is 3.56. The first-order chi connectivity index (χ1) is 12.3. The standard InChI is InChI=1S/C17H12ClN3O5/c1-2-26-17(23)12-5-11(6-14(7-12)21(24)25)16(22)20-13-4-3-10(9-19)15(18)8-13/h3-8H,2H2,1H3,(H,20,22). The number of hydrogen-bond acceptors (Lipinski definition) is 6. The van der Waals surface area contributed by atoms with Crippen molar-refractivity contribution in [3.05, 3.63) is 68.2 Å². The van der Waals surface area contributed by atoms with Crippen molar-refractivity contribution in [2.24, 2.45) is 0 Å². The number of carbonyl (C=O) groups excluding carboxylic acids is 2. The Bertz CT molecular complexity index is 936. The minimum Gasteiger partial charge on any atom is -0.462 e. The van der Waals surface area contributed by atoms with E-state index in [1.807, 2.05) is 6.07 Å². The molecule has 0 heterocycles. The zero-order valence-electron chi connectivity index (χ0n) is 13.5. The molecule has 0 radical (unpaired) electrons. The fourth-order valence-electron chi connectivity index (χ4n) is 2.07. The van der Waals surface area contributed by atoms with Gasteiger partial charge in [-0.2, -0.15) is 5.26 Å². The average molecular weight is 374 g/mol. The van der Waals surface area contributed by atoms with Crippen molar-refractivity contribution in [3.8, 4) is 6.07 Å². The van der Waals surface area contributed by atoms with E-state index in [0.29, 0.717) is 5.69 Å². The second-order valence-corrected chi connectivity index (χ2v) is 5.41. The highest BCUT2D eigenvalue weighted by molar-refractivity contribution is 6.32. The average Bonchev–Trinajstić information content (AvgIpc) is 2.61. The number of amides is 1. The maximum Gasteiger partial charge on any atom is 0.338 e. The first-order valence-corrected chi connectivity index (χ1v) is 7.71. The molecule has 0 aromatic heterocycles. The van der Waals surface area contributed by atoms with E-state index >= 15 is 0 Å². The number of nitro groups is 1. The summed E-state index contributed by atoms with van der Waals surface area (Å²) in [5.74, 6) is -1.45. The summed E-state index contributed by atoms with van der Waals surface area (Å²) in [5, 5.41) is 22.6. The van der Waals surface area contributed by atoms with Gasteiger partial charge in [-0.3, -0.25) is 14.9 Å². The molecule has 8 nitrogen and oxygen atoms in total. The summed E-state index contributed by atoms with van der Waals surface area (Å²) in [4.78, 5) is 34.6. The molecule has 0 saturated carbocycles. The number of hydrogen-bond donors (Lipinski definition) is 1. The van der Waals surface area contributed by atoms with Crippen molar-refractivity contribution in [2.75, 3.05) is 11.9 Å². The van der Waals surface area contributed by atoms with Gasteiger partial charge in [0.15, 0.2) is 0 Å². The lowest BCUT2D eigenvalue weighted by atomic mass is 10.1. The number of nitrogens with one attached hydrogen (secondary N) is 1. The van der Waals surface area contributed by atoms with E-state index in [2.05, 4.69) is 5.32 Å². The van der Waals surface area contributed by atoms with E-state index in [1.165, 1.54) is 24.3 Å². The molecule has 9 heteroatoms. The van der Waals surface area contributed by atoms with Gasteiger partial charge in [-0.05, 0) is 31.2 Å². The van der Waals surface area contributed by atoms with Crippen LogP contribution in [0.25, 0.3) is 0 Å². The Kier molecular flexibility index (Phi) is 5.88. The van der Waals surface area contributed by atoms with Crippen LogP contribution in [0.3, 0.4) is 0 Å². The molecule has 0 spiro atoms. The van der Waals surface area contributed by atoms with Gasteiger partial charge in [0, 0.05) is 23.4 Å². The molecule has 132 valence electrons. The number of nitriles is 1. The van der Waals surface area contributed by atoms with Gasteiger partial charge in [0.25, 0.3) is 11.6 Å². The third kappa shape index (κ3) is 4.34. The predicted molar refractivity (Wildman–Crippen MR) is 93.2 cm³/mol. The molecule has 0 saturated heterocycles. The molecule has 1 N–H and O–H groups in total. The molecule has 0 unspecified atom stereocenters. The Labute approximate surface area is 153 Å². The highest BCUT2D eigenvalue weighted by atomic mass is 35.5. The maximum absolute atomic E-state index is 12.4. The summed E-state index contributed by atoms with van der Waals surface area (Å²) < 4.78 is 4.82.